The molecule has 0 bridgehead atoms. The second-order valence-electron chi connectivity index (χ2n) is 3.01. The van der Waals surface area contributed by atoms with Gasteiger partial charge >= 0.3 is 5.97 Å². The topological polar surface area (TPSA) is 76.0 Å². The zero-order chi connectivity index (χ0) is 12.0. The number of phenolic OH excluding ortho intramolecular Hbond substituents is 1. The van der Waals surface area contributed by atoms with Crippen molar-refractivity contribution in [1.29, 1.82) is 0 Å². The Balaban J connectivity index is 2.86. The first-order valence-electron chi connectivity index (χ1n) is 4.72. The molecule has 0 saturated carbocycles. The molecule has 0 aliphatic heterocycles. The number of hydrogen-bond acceptors (Lipinski definition) is 5. The van der Waals surface area contributed by atoms with Crippen molar-refractivity contribution in [3.63, 3.8) is 0 Å². The number of ether oxygens (including phenoxy) is 1. The van der Waals surface area contributed by atoms with Gasteiger partial charge in [-0.25, -0.2) is 4.79 Å². The number of hydrogen-bond donors (Lipinski definition) is 1. The summed E-state index contributed by atoms with van der Waals surface area (Å²) in [5, 5.41) is 9.31. The van der Waals surface area contributed by atoms with Crippen LogP contribution in [-0.2, 0) is 20.7 Å². The van der Waals surface area contributed by atoms with Crippen molar-refractivity contribution in [3.05, 3.63) is 23.8 Å². The molecule has 0 heterocycles. The first kappa shape index (κ1) is 11.9. The Morgan fingerprint density at radius 2 is 2.31 bits per heavy atom. The van der Waals surface area contributed by atoms with Crippen LogP contribution in [-0.4, -0.2) is 23.8 Å². The van der Waals surface area contributed by atoms with Gasteiger partial charge in [-0.05, 0) is 24.6 Å². The fourth-order valence-corrected chi connectivity index (χ4v) is 1.20. The lowest BCUT2D eigenvalue weighted by molar-refractivity contribution is -0.142. The van der Waals surface area contributed by atoms with Crippen molar-refractivity contribution < 1.29 is 19.4 Å². The van der Waals surface area contributed by atoms with Crippen LogP contribution in [0.25, 0.3) is 0 Å². The Morgan fingerprint density at radius 3 is 2.94 bits per heavy atom. The third-order valence-corrected chi connectivity index (χ3v) is 1.86. The van der Waals surface area contributed by atoms with Crippen molar-refractivity contribution in [1.82, 2.24) is 0 Å². The van der Waals surface area contributed by atoms with Crippen LogP contribution in [0.3, 0.4) is 0 Å². The normalized spacial score (nSPS) is 9.31. The monoisotopic (exact) mass is 221 g/mol. The maximum absolute atomic E-state index is 11.2. The fraction of sp³-hybridized carbons (Fsp3) is 0.273. The van der Waals surface area contributed by atoms with Gasteiger partial charge in [-0.2, -0.15) is 4.99 Å². The highest BCUT2D eigenvalue weighted by molar-refractivity contribution is 5.73. The van der Waals surface area contributed by atoms with E-state index in [1.165, 1.54) is 18.2 Å². The molecule has 0 aliphatic rings. The Bertz CT molecular complexity index is 436. The lowest BCUT2D eigenvalue weighted by Gasteiger charge is -2.03. The minimum atomic E-state index is -0.366. The molecule has 1 aromatic carbocycles. The largest absolute Gasteiger partial charge is 0.506 e. The molecule has 0 aromatic heterocycles. The average molecular weight is 221 g/mol. The first-order valence-corrected chi connectivity index (χ1v) is 4.72. The summed E-state index contributed by atoms with van der Waals surface area (Å²) in [6.07, 6.45) is 1.41. The van der Waals surface area contributed by atoms with Gasteiger partial charge in [-0.15, -0.1) is 0 Å². The molecule has 1 rings (SSSR count). The lowest BCUT2D eigenvalue weighted by atomic mass is 10.1. The van der Waals surface area contributed by atoms with Crippen molar-refractivity contribution >= 4 is 17.7 Å². The van der Waals surface area contributed by atoms with E-state index in [2.05, 4.69) is 4.99 Å². The Kier molecular flexibility index (Phi) is 4.24. The number of aliphatic imine (C=N–C) groups is 1. The predicted molar refractivity (Wildman–Crippen MR) is 56.2 cm³/mol. The Hall–Kier alpha value is -2.13. The zero-order valence-electron chi connectivity index (χ0n) is 8.77. The molecule has 1 N–H and O–H groups in total. The molecule has 5 heteroatoms. The molecule has 5 nitrogen and oxygen atoms in total. The van der Waals surface area contributed by atoms with E-state index < -0.39 is 0 Å². The molecule has 16 heavy (non-hydrogen) atoms. The molecule has 1 aromatic rings. The zero-order valence-corrected chi connectivity index (χ0v) is 8.77. The summed E-state index contributed by atoms with van der Waals surface area (Å²) in [6, 6.07) is 4.37. The smallest absolute Gasteiger partial charge is 0.310 e. The third-order valence-electron chi connectivity index (χ3n) is 1.86. The number of carbonyl (C=O) groups excluding carboxylic acids is 2. The quantitative estimate of drug-likeness (QED) is 0.474. The standard InChI is InChI=1S/C11H11NO4/c1-2-16-11(15)6-8-3-4-10(14)9(5-8)12-7-13/h3-5,14H,2,6H2,1H3. The van der Waals surface area contributed by atoms with Crippen LogP contribution < -0.4 is 0 Å². The minimum absolute atomic E-state index is 0.0789. The van der Waals surface area contributed by atoms with Crippen LogP contribution in [0.15, 0.2) is 23.2 Å². The van der Waals surface area contributed by atoms with E-state index in [0.29, 0.717) is 12.2 Å². The summed E-state index contributed by atoms with van der Waals surface area (Å²) in [4.78, 5) is 24.6. The number of isocyanates is 1. The molecule has 0 fully saturated rings. The van der Waals surface area contributed by atoms with Crippen LogP contribution in [0.4, 0.5) is 5.69 Å². The molecule has 0 saturated heterocycles. The maximum Gasteiger partial charge on any atom is 0.310 e. The number of esters is 1. The summed E-state index contributed by atoms with van der Waals surface area (Å²) in [6.45, 7) is 2.03. The Morgan fingerprint density at radius 1 is 1.56 bits per heavy atom. The fourth-order valence-electron chi connectivity index (χ4n) is 1.20. The van der Waals surface area contributed by atoms with Gasteiger partial charge in [0.15, 0.2) is 0 Å². The summed E-state index contributed by atoms with van der Waals surface area (Å²) in [7, 11) is 0. The average Bonchev–Trinajstić information content (AvgIpc) is 2.24. The molecular weight excluding hydrogens is 210 g/mol. The highest BCUT2D eigenvalue weighted by Crippen LogP contribution is 2.26. The van der Waals surface area contributed by atoms with Crippen LogP contribution in [0, 0.1) is 0 Å². The third kappa shape index (κ3) is 3.22. The number of benzene rings is 1. The SMILES string of the molecule is CCOC(=O)Cc1ccc(O)c(N=C=O)c1. The molecule has 0 radical (unpaired) electrons. The molecule has 0 aliphatic carbocycles. The van der Waals surface area contributed by atoms with Crippen molar-refractivity contribution in [2.75, 3.05) is 6.61 Å². The maximum atomic E-state index is 11.2. The molecule has 0 amide bonds. The number of phenols is 1. The number of nitrogens with zero attached hydrogens (tertiary/aromatic N) is 1. The van der Waals surface area contributed by atoms with E-state index in [4.69, 9.17) is 4.74 Å². The van der Waals surface area contributed by atoms with Gasteiger partial charge in [0.2, 0.25) is 6.08 Å². The predicted octanol–water partition coefficient (Wildman–Crippen LogP) is 1.47. The highest BCUT2D eigenvalue weighted by atomic mass is 16.5. The minimum Gasteiger partial charge on any atom is -0.506 e. The number of carbonyl (C=O) groups is 1. The van der Waals surface area contributed by atoms with E-state index in [0.717, 1.165) is 0 Å². The van der Waals surface area contributed by atoms with Crippen LogP contribution in [0.1, 0.15) is 12.5 Å². The summed E-state index contributed by atoms with van der Waals surface area (Å²) in [5.74, 6) is -0.495. The van der Waals surface area contributed by atoms with Crippen LogP contribution in [0.2, 0.25) is 0 Å². The van der Waals surface area contributed by atoms with E-state index in [1.807, 2.05) is 0 Å². The summed E-state index contributed by atoms with van der Waals surface area (Å²) < 4.78 is 4.77. The van der Waals surface area contributed by atoms with Gasteiger partial charge in [-0.1, -0.05) is 6.07 Å². The van der Waals surface area contributed by atoms with Crippen molar-refractivity contribution in [2.24, 2.45) is 4.99 Å². The first-order chi connectivity index (χ1) is 7.67. The summed E-state index contributed by atoms with van der Waals surface area (Å²) >= 11 is 0. The van der Waals surface area contributed by atoms with Gasteiger partial charge in [0.25, 0.3) is 0 Å². The molecular formula is C11H11NO4. The number of rotatable bonds is 4. The van der Waals surface area contributed by atoms with Crippen LogP contribution >= 0.6 is 0 Å². The van der Waals surface area contributed by atoms with E-state index in [9.17, 15) is 14.7 Å². The van der Waals surface area contributed by atoms with E-state index in [-0.39, 0.29) is 23.8 Å². The van der Waals surface area contributed by atoms with Gasteiger partial charge in [0.1, 0.15) is 11.4 Å². The van der Waals surface area contributed by atoms with E-state index >= 15 is 0 Å². The highest BCUT2D eigenvalue weighted by Gasteiger charge is 2.07. The molecule has 0 unspecified atom stereocenters. The van der Waals surface area contributed by atoms with Crippen molar-refractivity contribution in [2.45, 2.75) is 13.3 Å². The Labute approximate surface area is 92.4 Å². The summed E-state index contributed by atoms with van der Waals surface area (Å²) in [5.41, 5.74) is 0.710. The van der Waals surface area contributed by atoms with Gasteiger partial charge < -0.3 is 9.84 Å². The van der Waals surface area contributed by atoms with Gasteiger partial charge in [0.05, 0.1) is 13.0 Å². The molecule has 0 atom stereocenters. The van der Waals surface area contributed by atoms with Crippen LogP contribution in [0.5, 0.6) is 5.75 Å². The second-order valence-corrected chi connectivity index (χ2v) is 3.01. The second kappa shape index (κ2) is 5.68. The lowest BCUT2D eigenvalue weighted by Crippen LogP contribution is -2.07. The van der Waals surface area contributed by atoms with Gasteiger partial charge in [-0.3, -0.25) is 4.79 Å². The molecule has 84 valence electrons. The molecule has 0 spiro atoms. The number of aromatic hydroxyl groups is 1. The van der Waals surface area contributed by atoms with Crippen molar-refractivity contribution in [3.8, 4) is 5.75 Å². The van der Waals surface area contributed by atoms with Gasteiger partial charge in [0, 0.05) is 0 Å². The van der Waals surface area contributed by atoms with E-state index in [1.54, 1.807) is 13.0 Å².